The van der Waals surface area contributed by atoms with E-state index in [0.717, 1.165) is 5.57 Å². The van der Waals surface area contributed by atoms with E-state index in [1.165, 1.54) is 11.2 Å². The van der Waals surface area contributed by atoms with Crippen LogP contribution in [0.4, 0.5) is 0 Å². The first kappa shape index (κ1) is 13.8. The summed E-state index contributed by atoms with van der Waals surface area (Å²) in [6.45, 7) is 4.01. The van der Waals surface area contributed by atoms with Crippen LogP contribution >= 0.6 is 0 Å². The van der Waals surface area contributed by atoms with E-state index in [1.807, 2.05) is 13.0 Å². The normalized spacial score (nSPS) is 17.3. The molecule has 2 rings (SSSR count). The first-order valence-electron chi connectivity index (χ1n) is 5.78. The molecule has 0 saturated heterocycles. The Morgan fingerprint density at radius 2 is 2.16 bits per heavy atom. The number of aryl methyl sites for hydroxylation is 1. The summed E-state index contributed by atoms with van der Waals surface area (Å²) in [6.07, 6.45) is 2.46. The van der Waals surface area contributed by atoms with Crippen LogP contribution in [0.2, 0.25) is 0 Å². The lowest BCUT2D eigenvalue weighted by molar-refractivity contribution is 0.0691. The van der Waals surface area contributed by atoms with E-state index in [-0.39, 0.29) is 17.8 Å². The van der Waals surface area contributed by atoms with Crippen molar-refractivity contribution in [3.8, 4) is 0 Å². The average Bonchev–Trinajstić information content (AvgIpc) is 2.72. The monoisotopic (exact) mass is 285 g/mol. The number of nitrogens with zero attached hydrogens (tertiary/aromatic N) is 2. The van der Waals surface area contributed by atoms with Crippen LogP contribution in [0.3, 0.4) is 0 Å². The number of carboxylic acids is 1. The van der Waals surface area contributed by atoms with Crippen molar-refractivity contribution in [1.29, 1.82) is 0 Å². The van der Waals surface area contributed by atoms with Crippen LogP contribution in [0.15, 0.2) is 16.7 Å². The minimum atomic E-state index is -3.87. The van der Waals surface area contributed by atoms with Gasteiger partial charge in [0, 0.05) is 18.8 Å². The molecule has 0 bridgehead atoms. The Balaban J connectivity index is 2.44. The Hall–Kier alpha value is -1.67. The van der Waals surface area contributed by atoms with E-state index in [4.69, 9.17) is 5.11 Å². The number of hydrogen-bond acceptors (Lipinski definition) is 4. The Morgan fingerprint density at radius 3 is 2.68 bits per heavy atom. The molecule has 1 aliphatic rings. The summed E-state index contributed by atoms with van der Waals surface area (Å²) in [5, 5.41) is 14.7. The van der Waals surface area contributed by atoms with E-state index >= 15 is 0 Å². The standard InChI is InChI=1S/C11H15N3O4S/c1-7-3-5-14(6-4-7)19(17,18)10-9(11(15)16)8(2)12-13-10/h3H,4-6H2,1-2H3,(H,12,13)(H,15,16). The van der Waals surface area contributed by atoms with Gasteiger partial charge in [-0.1, -0.05) is 11.6 Å². The summed E-state index contributed by atoms with van der Waals surface area (Å²) in [4.78, 5) is 11.1. The van der Waals surface area contributed by atoms with Crippen molar-refractivity contribution in [3.05, 3.63) is 22.9 Å². The Kier molecular flexibility index (Phi) is 3.46. The van der Waals surface area contributed by atoms with Crippen LogP contribution in [0.5, 0.6) is 0 Å². The number of hydrogen-bond donors (Lipinski definition) is 2. The molecule has 1 aromatic heterocycles. The molecule has 1 aliphatic heterocycles. The molecule has 0 saturated carbocycles. The zero-order valence-corrected chi connectivity index (χ0v) is 11.5. The second kappa shape index (κ2) is 4.78. The quantitative estimate of drug-likeness (QED) is 0.798. The van der Waals surface area contributed by atoms with E-state index in [0.29, 0.717) is 13.0 Å². The lowest BCUT2D eigenvalue weighted by atomic mass is 10.1. The fourth-order valence-electron chi connectivity index (χ4n) is 1.94. The van der Waals surface area contributed by atoms with Crippen molar-refractivity contribution in [1.82, 2.24) is 14.5 Å². The molecular weight excluding hydrogens is 270 g/mol. The largest absolute Gasteiger partial charge is 0.478 e. The van der Waals surface area contributed by atoms with Crippen LogP contribution in [0.1, 0.15) is 29.4 Å². The first-order chi connectivity index (χ1) is 8.84. The number of carbonyl (C=O) groups is 1. The van der Waals surface area contributed by atoms with Crippen LogP contribution in [-0.2, 0) is 10.0 Å². The Labute approximate surface area is 111 Å². The molecule has 0 aliphatic carbocycles. The van der Waals surface area contributed by atoms with Gasteiger partial charge in [0.1, 0.15) is 5.56 Å². The number of aromatic carboxylic acids is 1. The molecule has 1 aromatic rings. The molecule has 7 nitrogen and oxygen atoms in total. The second-order valence-corrected chi connectivity index (χ2v) is 6.35. The smallest absolute Gasteiger partial charge is 0.340 e. The van der Waals surface area contributed by atoms with Gasteiger partial charge in [0.05, 0.1) is 0 Å². The van der Waals surface area contributed by atoms with Gasteiger partial charge in [0.15, 0.2) is 0 Å². The molecule has 2 N–H and O–H groups in total. The predicted molar refractivity (Wildman–Crippen MR) is 67.4 cm³/mol. The van der Waals surface area contributed by atoms with E-state index in [9.17, 15) is 13.2 Å². The van der Waals surface area contributed by atoms with E-state index in [2.05, 4.69) is 10.2 Å². The van der Waals surface area contributed by atoms with Crippen molar-refractivity contribution in [2.75, 3.05) is 13.1 Å². The summed E-state index contributed by atoms with van der Waals surface area (Å²) in [5.41, 5.74) is 1.07. The Bertz CT molecular complexity index is 645. The molecule has 19 heavy (non-hydrogen) atoms. The summed E-state index contributed by atoms with van der Waals surface area (Å²) in [7, 11) is -3.87. The molecule has 0 radical (unpaired) electrons. The number of nitrogens with one attached hydrogen (secondary N) is 1. The zero-order valence-electron chi connectivity index (χ0n) is 10.7. The maximum Gasteiger partial charge on any atom is 0.340 e. The van der Waals surface area contributed by atoms with Gasteiger partial charge >= 0.3 is 5.97 Å². The van der Waals surface area contributed by atoms with Crippen molar-refractivity contribution < 1.29 is 18.3 Å². The van der Waals surface area contributed by atoms with Crippen molar-refractivity contribution in [2.45, 2.75) is 25.3 Å². The van der Waals surface area contributed by atoms with Gasteiger partial charge in [0.2, 0.25) is 5.03 Å². The van der Waals surface area contributed by atoms with Crippen molar-refractivity contribution in [3.63, 3.8) is 0 Å². The minimum Gasteiger partial charge on any atom is -0.478 e. The first-order valence-corrected chi connectivity index (χ1v) is 7.22. The van der Waals surface area contributed by atoms with Crippen LogP contribution < -0.4 is 0 Å². The van der Waals surface area contributed by atoms with Crippen LogP contribution in [0.25, 0.3) is 0 Å². The molecule has 0 amide bonds. The third kappa shape index (κ3) is 2.41. The highest BCUT2D eigenvalue weighted by molar-refractivity contribution is 7.89. The summed E-state index contributed by atoms with van der Waals surface area (Å²) in [6, 6.07) is 0. The topological polar surface area (TPSA) is 103 Å². The highest BCUT2D eigenvalue weighted by atomic mass is 32.2. The minimum absolute atomic E-state index is 0.231. The fraction of sp³-hybridized carbons (Fsp3) is 0.455. The lowest BCUT2D eigenvalue weighted by Crippen LogP contribution is -2.35. The molecule has 2 heterocycles. The lowest BCUT2D eigenvalue weighted by Gasteiger charge is -2.23. The molecule has 0 fully saturated rings. The molecule has 0 aromatic carbocycles. The summed E-state index contributed by atoms with van der Waals surface area (Å²) in [5.74, 6) is -1.30. The highest BCUT2D eigenvalue weighted by Crippen LogP contribution is 2.23. The third-order valence-corrected chi connectivity index (χ3v) is 4.91. The summed E-state index contributed by atoms with van der Waals surface area (Å²) >= 11 is 0. The number of aromatic amines is 1. The van der Waals surface area contributed by atoms with E-state index < -0.39 is 21.0 Å². The van der Waals surface area contributed by atoms with Gasteiger partial charge in [-0.25, -0.2) is 13.2 Å². The van der Waals surface area contributed by atoms with Gasteiger partial charge in [-0.05, 0) is 20.3 Å². The SMILES string of the molecule is CC1=CCN(S(=O)(=O)c2n[nH]c(C)c2C(=O)O)CC1. The molecule has 104 valence electrons. The highest BCUT2D eigenvalue weighted by Gasteiger charge is 2.33. The number of sulfonamides is 1. The number of carboxylic acid groups (broad SMARTS) is 1. The van der Waals surface area contributed by atoms with Crippen molar-refractivity contribution >= 4 is 16.0 Å². The average molecular weight is 285 g/mol. The number of aromatic nitrogens is 2. The zero-order chi connectivity index (χ0) is 14.2. The van der Waals surface area contributed by atoms with Crippen molar-refractivity contribution in [2.24, 2.45) is 0 Å². The van der Waals surface area contributed by atoms with E-state index in [1.54, 1.807) is 0 Å². The van der Waals surface area contributed by atoms with Gasteiger partial charge < -0.3 is 5.11 Å². The van der Waals surface area contributed by atoms with Crippen LogP contribution in [0, 0.1) is 6.92 Å². The molecule has 8 heteroatoms. The maximum atomic E-state index is 12.4. The summed E-state index contributed by atoms with van der Waals surface area (Å²) < 4.78 is 26.0. The van der Waals surface area contributed by atoms with Gasteiger partial charge in [-0.2, -0.15) is 9.40 Å². The van der Waals surface area contributed by atoms with Crippen LogP contribution in [-0.4, -0.2) is 47.1 Å². The molecule has 0 atom stereocenters. The molecule has 0 spiro atoms. The molecular formula is C11H15N3O4S. The predicted octanol–water partition coefficient (Wildman–Crippen LogP) is 0.757. The van der Waals surface area contributed by atoms with Gasteiger partial charge in [-0.15, -0.1) is 0 Å². The van der Waals surface area contributed by atoms with Gasteiger partial charge in [0.25, 0.3) is 10.0 Å². The second-order valence-electron chi connectivity index (χ2n) is 4.50. The Morgan fingerprint density at radius 1 is 1.47 bits per heavy atom. The number of rotatable bonds is 3. The molecule has 0 unspecified atom stereocenters. The third-order valence-electron chi connectivity index (χ3n) is 3.11. The fourth-order valence-corrected chi connectivity index (χ4v) is 3.44. The number of H-pyrrole nitrogens is 1. The maximum absolute atomic E-state index is 12.4. The van der Waals surface area contributed by atoms with Gasteiger partial charge in [-0.3, -0.25) is 5.10 Å².